The van der Waals surface area contributed by atoms with Gasteiger partial charge in [-0.05, 0) is 30.0 Å². The summed E-state index contributed by atoms with van der Waals surface area (Å²) in [5.74, 6) is 0.938. The van der Waals surface area contributed by atoms with Gasteiger partial charge in [-0.25, -0.2) is 0 Å². The Morgan fingerprint density at radius 3 is 2.17 bits per heavy atom. The summed E-state index contributed by atoms with van der Waals surface area (Å²) in [5, 5.41) is 9.01. The molecule has 0 saturated heterocycles. The van der Waals surface area contributed by atoms with E-state index in [0.717, 1.165) is 6.42 Å². The Kier molecular flexibility index (Phi) is 4.37. The molecule has 0 bridgehead atoms. The molecule has 0 aliphatic carbocycles. The van der Waals surface area contributed by atoms with E-state index in [2.05, 4.69) is 13.8 Å². The number of phenols is 1. The molecule has 0 aliphatic rings. The first-order valence-electron chi connectivity index (χ1n) is 4.03. The van der Waals surface area contributed by atoms with E-state index in [0.29, 0.717) is 11.7 Å². The SMILES string of the molecule is CCC(C)c1ccc(O)cc1.[NH]. The van der Waals surface area contributed by atoms with Crippen molar-refractivity contribution in [1.29, 1.82) is 0 Å². The lowest BCUT2D eigenvalue weighted by atomic mass is 9.99. The van der Waals surface area contributed by atoms with Crippen LogP contribution in [-0.2, 0) is 0 Å². The van der Waals surface area contributed by atoms with Crippen molar-refractivity contribution in [3.8, 4) is 5.75 Å². The van der Waals surface area contributed by atoms with Crippen molar-refractivity contribution >= 4 is 0 Å². The van der Waals surface area contributed by atoms with Crippen molar-refractivity contribution in [2.45, 2.75) is 26.2 Å². The molecule has 2 N–H and O–H groups in total. The molecule has 1 unspecified atom stereocenters. The molecule has 1 aromatic rings. The van der Waals surface area contributed by atoms with E-state index in [1.54, 1.807) is 12.1 Å². The number of phenolic OH excluding ortho intramolecular Hbond substituents is 1. The minimum atomic E-state index is 0. The van der Waals surface area contributed by atoms with Gasteiger partial charge in [0, 0.05) is 0 Å². The second-order valence-electron chi connectivity index (χ2n) is 2.90. The van der Waals surface area contributed by atoms with Crippen LogP contribution in [-0.4, -0.2) is 5.11 Å². The predicted octanol–water partition coefficient (Wildman–Crippen LogP) is 2.64. The van der Waals surface area contributed by atoms with Gasteiger partial charge in [0.2, 0.25) is 0 Å². The number of benzene rings is 1. The predicted molar refractivity (Wildman–Crippen MR) is 49.9 cm³/mol. The molecule has 66 valence electrons. The quantitative estimate of drug-likeness (QED) is 0.719. The van der Waals surface area contributed by atoms with E-state index in [-0.39, 0.29) is 6.15 Å². The monoisotopic (exact) mass is 165 g/mol. The Labute approximate surface area is 73.8 Å². The van der Waals surface area contributed by atoms with Crippen molar-refractivity contribution in [3.63, 3.8) is 0 Å². The lowest BCUT2D eigenvalue weighted by Gasteiger charge is -2.07. The molecule has 12 heavy (non-hydrogen) atoms. The van der Waals surface area contributed by atoms with Gasteiger partial charge in [-0.3, -0.25) is 0 Å². The highest BCUT2D eigenvalue weighted by atomic mass is 16.3. The van der Waals surface area contributed by atoms with Crippen LogP contribution in [0.15, 0.2) is 24.3 Å². The summed E-state index contributed by atoms with van der Waals surface area (Å²) in [6.07, 6.45) is 1.14. The van der Waals surface area contributed by atoms with Crippen molar-refractivity contribution in [3.05, 3.63) is 29.8 Å². The van der Waals surface area contributed by atoms with Crippen molar-refractivity contribution < 1.29 is 5.11 Å². The second kappa shape index (κ2) is 4.78. The largest absolute Gasteiger partial charge is 0.508 e. The fourth-order valence-electron chi connectivity index (χ4n) is 1.04. The zero-order chi connectivity index (χ0) is 8.27. The molecule has 2 heteroatoms. The summed E-state index contributed by atoms with van der Waals surface area (Å²) in [6.45, 7) is 4.35. The normalized spacial score (nSPS) is 11.8. The van der Waals surface area contributed by atoms with Crippen molar-refractivity contribution in [1.82, 2.24) is 6.15 Å². The first-order chi connectivity index (χ1) is 5.24. The molecule has 0 aliphatic heterocycles. The number of hydrogen-bond donors (Lipinski definition) is 1. The third-order valence-electron chi connectivity index (χ3n) is 2.07. The lowest BCUT2D eigenvalue weighted by molar-refractivity contribution is 0.475. The number of hydrogen-bond acceptors (Lipinski definition) is 1. The van der Waals surface area contributed by atoms with Gasteiger partial charge in [-0.15, -0.1) is 0 Å². The minimum absolute atomic E-state index is 0. The van der Waals surface area contributed by atoms with E-state index in [4.69, 9.17) is 5.11 Å². The molecule has 0 aromatic heterocycles. The molecule has 0 heterocycles. The Morgan fingerprint density at radius 2 is 1.75 bits per heavy atom. The van der Waals surface area contributed by atoms with Crippen LogP contribution in [0.25, 0.3) is 0 Å². The van der Waals surface area contributed by atoms with Crippen molar-refractivity contribution in [2.75, 3.05) is 0 Å². The van der Waals surface area contributed by atoms with Gasteiger partial charge >= 0.3 is 0 Å². The smallest absolute Gasteiger partial charge is 0.115 e. The van der Waals surface area contributed by atoms with E-state index in [9.17, 15) is 0 Å². The average molecular weight is 165 g/mol. The maximum absolute atomic E-state index is 9.01. The summed E-state index contributed by atoms with van der Waals surface area (Å²) in [5.41, 5.74) is 1.30. The fourth-order valence-corrected chi connectivity index (χ4v) is 1.04. The molecule has 0 spiro atoms. The third kappa shape index (κ3) is 2.55. The Bertz CT molecular complexity index is 218. The molecular weight excluding hydrogens is 150 g/mol. The minimum Gasteiger partial charge on any atom is -0.508 e. The summed E-state index contributed by atoms with van der Waals surface area (Å²) in [7, 11) is 0. The Balaban J connectivity index is 0.00000121. The van der Waals surface area contributed by atoms with E-state index >= 15 is 0 Å². The lowest BCUT2D eigenvalue weighted by Crippen LogP contribution is -1.89. The molecule has 2 radical (unpaired) electrons. The summed E-state index contributed by atoms with van der Waals surface area (Å²) in [4.78, 5) is 0. The van der Waals surface area contributed by atoms with Gasteiger partial charge in [0.25, 0.3) is 0 Å². The average Bonchev–Trinajstić information content (AvgIpc) is 2.05. The number of nitrogens with one attached hydrogen (secondary N) is 1. The Hall–Kier alpha value is -1.02. The zero-order valence-corrected chi connectivity index (χ0v) is 7.54. The number of aromatic hydroxyl groups is 1. The molecule has 0 fully saturated rings. The summed E-state index contributed by atoms with van der Waals surface area (Å²) < 4.78 is 0. The van der Waals surface area contributed by atoms with Gasteiger partial charge < -0.3 is 5.11 Å². The van der Waals surface area contributed by atoms with E-state index in [1.165, 1.54) is 5.56 Å². The van der Waals surface area contributed by atoms with Crippen LogP contribution >= 0.6 is 0 Å². The van der Waals surface area contributed by atoms with Crippen LogP contribution in [0.4, 0.5) is 0 Å². The van der Waals surface area contributed by atoms with Crippen LogP contribution in [0.5, 0.6) is 5.75 Å². The maximum atomic E-state index is 9.01. The van der Waals surface area contributed by atoms with Crippen LogP contribution in [0.1, 0.15) is 31.7 Å². The highest BCUT2D eigenvalue weighted by molar-refractivity contribution is 5.27. The molecule has 1 aromatic carbocycles. The summed E-state index contributed by atoms with van der Waals surface area (Å²) in [6, 6.07) is 7.43. The number of rotatable bonds is 2. The van der Waals surface area contributed by atoms with Crippen LogP contribution in [0, 0.1) is 0 Å². The fraction of sp³-hybridized carbons (Fsp3) is 0.400. The molecule has 0 amide bonds. The maximum Gasteiger partial charge on any atom is 0.115 e. The van der Waals surface area contributed by atoms with E-state index in [1.807, 2.05) is 12.1 Å². The van der Waals surface area contributed by atoms with Crippen molar-refractivity contribution in [2.24, 2.45) is 0 Å². The van der Waals surface area contributed by atoms with Crippen LogP contribution < -0.4 is 6.15 Å². The zero-order valence-electron chi connectivity index (χ0n) is 7.54. The molecule has 1 rings (SSSR count). The molecule has 0 saturated carbocycles. The third-order valence-corrected chi connectivity index (χ3v) is 2.07. The van der Waals surface area contributed by atoms with Crippen LogP contribution in [0.2, 0.25) is 0 Å². The Morgan fingerprint density at radius 1 is 1.25 bits per heavy atom. The standard InChI is InChI=1S/C10H14O.HN/c1-3-8(2)9-4-6-10(11)7-5-9;/h4-8,11H,3H2,1-2H3;1H. The molecular formula is C10H15NO. The van der Waals surface area contributed by atoms with E-state index < -0.39 is 0 Å². The summed E-state index contributed by atoms with van der Waals surface area (Å²) >= 11 is 0. The first-order valence-corrected chi connectivity index (χ1v) is 4.03. The molecule has 1 atom stereocenters. The first kappa shape index (κ1) is 11.0. The van der Waals surface area contributed by atoms with Gasteiger partial charge in [-0.2, -0.15) is 6.15 Å². The highest BCUT2D eigenvalue weighted by Crippen LogP contribution is 2.20. The van der Waals surface area contributed by atoms with Gasteiger partial charge in [0.05, 0.1) is 0 Å². The topological polar surface area (TPSA) is 52.2 Å². The van der Waals surface area contributed by atoms with Gasteiger partial charge in [0.15, 0.2) is 0 Å². The van der Waals surface area contributed by atoms with Gasteiger partial charge in [0.1, 0.15) is 5.75 Å². The highest BCUT2D eigenvalue weighted by Gasteiger charge is 2.00. The molecule has 2 nitrogen and oxygen atoms in total. The van der Waals surface area contributed by atoms with Crippen LogP contribution in [0.3, 0.4) is 0 Å². The second-order valence-corrected chi connectivity index (χ2v) is 2.90. The van der Waals surface area contributed by atoms with Gasteiger partial charge in [-0.1, -0.05) is 26.0 Å².